The highest BCUT2D eigenvalue weighted by Gasteiger charge is 2.24. The normalized spacial score (nSPS) is 12.2. The van der Waals surface area contributed by atoms with Crippen molar-refractivity contribution in [2.75, 3.05) is 32.1 Å². The lowest BCUT2D eigenvalue weighted by molar-refractivity contribution is -0.134. The Kier molecular flexibility index (Phi) is 9.32. The second-order valence-electron chi connectivity index (χ2n) is 8.15. The summed E-state index contributed by atoms with van der Waals surface area (Å²) < 4.78 is 0. The van der Waals surface area contributed by atoms with E-state index in [0.29, 0.717) is 12.2 Å². The maximum Gasteiger partial charge on any atom is 0.328 e. The Hall–Kier alpha value is -4.01. The van der Waals surface area contributed by atoms with Crippen LogP contribution in [0.1, 0.15) is 17.5 Å². The van der Waals surface area contributed by atoms with Crippen LogP contribution in [0.3, 0.4) is 0 Å². The SMILES string of the molecule is CN(C)CCCN1c2ccccc2C(c2ccc(Cl)cc2)=Nc2cccnc21.O=C(O)C=CC(=O)O. The maximum atomic E-state index is 9.55. The first-order valence-electron chi connectivity index (χ1n) is 11.2. The van der Waals surface area contributed by atoms with Gasteiger partial charge in [0.05, 0.1) is 11.4 Å². The first-order chi connectivity index (χ1) is 17.3. The van der Waals surface area contributed by atoms with Crippen LogP contribution in [-0.4, -0.2) is 64.9 Å². The van der Waals surface area contributed by atoms with E-state index in [1.807, 2.05) is 42.6 Å². The molecule has 0 radical (unpaired) electrons. The van der Waals surface area contributed by atoms with Crippen LogP contribution in [-0.2, 0) is 9.59 Å². The van der Waals surface area contributed by atoms with Gasteiger partial charge in [-0.2, -0.15) is 0 Å². The Morgan fingerprint density at radius 1 is 0.972 bits per heavy atom. The number of halogens is 1. The Morgan fingerprint density at radius 2 is 1.64 bits per heavy atom. The number of carbonyl (C=O) groups is 2. The fraction of sp³-hybridized carbons (Fsp3) is 0.185. The predicted octanol–water partition coefficient (Wildman–Crippen LogP) is 5.02. The molecule has 1 aromatic heterocycles. The van der Waals surface area contributed by atoms with Crippen molar-refractivity contribution in [1.29, 1.82) is 0 Å². The van der Waals surface area contributed by atoms with Crippen molar-refractivity contribution < 1.29 is 19.8 Å². The second-order valence-corrected chi connectivity index (χ2v) is 8.59. The van der Waals surface area contributed by atoms with Gasteiger partial charge in [0.25, 0.3) is 0 Å². The largest absolute Gasteiger partial charge is 0.478 e. The third-order valence-electron chi connectivity index (χ3n) is 5.18. The van der Waals surface area contributed by atoms with Gasteiger partial charge in [-0.1, -0.05) is 41.9 Å². The van der Waals surface area contributed by atoms with Crippen LogP contribution in [0.4, 0.5) is 17.2 Å². The van der Waals surface area contributed by atoms with E-state index < -0.39 is 11.9 Å². The van der Waals surface area contributed by atoms with Crippen molar-refractivity contribution >= 4 is 46.4 Å². The number of carboxylic acids is 2. The van der Waals surface area contributed by atoms with Gasteiger partial charge < -0.3 is 20.0 Å². The number of aliphatic carboxylic acids is 2. The molecule has 1 aliphatic rings. The van der Waals surface area contributed by atoms with Gasteiger partial charge in [-0.15, -0.1) is 0 Å². The zero-order valence-electron chi connectivity index (χ0n) is 20.0. The topological polar surface area (TPSA) is 106 Å². The lowest BCUT2D eigenvalue weighted by atomic mass is 10.00. The van der Waals surface area contributed by atoms with Crippen LogP contribution < -0.4 is 4.90 Å². The summed E-state index contributed by atoms with van der Waals surface area (Å²) in [5.41, 5.74) is 5.10. The molecule has 0 saturated heterocycles. The molecule has 2 aromatic carbocycles. The van der Waals surface area contributed by atoms with Gasteiger partial charge in [0, 0.05) is 41.0 Å². The zero-order valence-corrected chi connectivity index (χ0v) is 20.8. The summed E-state index contributed by atoms with van der Waals surface area (Å²) in [7, 11) is 4.20. The summed E-state index contributed by atoms with van der Waals surface area (Å²) in [6, 6.07) is 20.3. The van der Waals surface area contributed by atoms with Crippen molar-refractivity contribution in [2.45, 2.75) is 6.42 Å². The Bertz CT molecular complexity index is 1260. The molecule has 0 aliphatic carbocycles. The smallest absolute Gasteiger partial charge is 0.328 e. The molecule has 0 fully saturated rings. The van der Waals surface area contributed by atoms with Crippen LogP contribution in [0.25, 0.3) is 0 Å². The van der Waals surface area contributed by atoms with E-state index in [0.717, 1.165) is 58.6 Å². The van der Waals surface area contributed by atoms with Crippen LogP contribution in [0, 0.1) is 0 Å². The van der Waals surface area contributed by atoms with E-state index in [2.05, 4.69) is 53.1 Å². The van der Waals surface area contributed by atoms with Gasteiger partial charge in [-0.05, 0) is 57.4 Å². The fourth-order valence-corrected chi connectivity index (χ4v) is 3.76. The van der Waals surface area contributed by atoms with Gasteiger partial charge in [-0.25, -0.2) is 19.6 Å². The van der Waals surface area contributed by atoms with Crippen LogP contribution in [0.5, 0.6) is 0 Å². The molecule has 186 valence electrons. The number of carboxylic acid groups (broad SMARTS) is 2. The van der Waals surface area contributed by atoms with E-state index in [1.54, 1.807) is 0 Å². The molecule has 2 N–H and O–H groups in total. The molecule has 4 rings (SSSR count). The molecule has 2 heterocycles. The lowest BCUT2D eigenvalue weighted by Crippen LogP contribution is -2.24. The quantitative estimate of drug-likeness (QED) is 0.433. The number of anilines is 2. The highest BCUT2D eigenvalue weighted by molar-refractivity contribution is 6.30. The average Bonchev–Trinajstić information content (AvgIpc) is 2.99. The minimum absolute atomic E-state index is 0.558. The van der Waals surface area contributed by atoms with E-state index in [9.17, 15) is 9.59 Å². The number of benzene rings is 2. The molecule has 3 aromatic rings. The number of fused-ring (bicyclic) bond motifs is 2. The number of rotatable bonds is 7. The van der Waals surface area contributed by atoms with Crippen LogP contribution in [0.15, 0.2) is 84.0 Å². The number of aliphatic imine (C=N–C) groups is 1. The summed E-state index contributed by atoms with van der Waals surface area (Å²) in [5.74, 6) is -1.61. The highest BCUT2D eigenvalue weighted by atomic mass is 35.5. The van der Waals surface area contributed by atoms with E-state index >= 15 is 0 Å². The third-order valence-corrected chi connectivity index (χ3v) is 5.43. The lowest BCUT2D eigenvalue weighted by Gasteiger charge is -2.26. The van der Waals surface area contributed by atoms with E-state index in [4.69, 9.17) is 26.8 Å². The number of aromatic nitrogens is 1. The summed E-state index contributed by atoms with van der Waals surface area (Å²) in [6.07, 6.45) is 3.99. The summed E-state index contributed by atoms with van der Waals surface area (Å²) in [4.78, 5) is 33.3. The molecule has 1 aliphatic heterocycles. The molecule has 8 nitrogen and oxygen atoms in total. The molecule has 9 heteroatoms. The first-order valence-corrected chi connectivity index (χ1v) is 11.6. The Morgan fingerprint density at radius 3 is 2.28 bits per heavy atom. The molecular formula is C27H27ClN4O4. The van der Waals surface area contributed by atoms with Crippen LogP contribution in [0.2, 0.25) is 5.02 Å². The summed E-state index contributed by atoms with van der Waals surface area (Å²) in [6.45, 7) is 1.90. The van der Waals surface area contributed by atoms with Gasteiger partial charge in [0.15, 0.2) is 5.82 Å². The second kappa shape index (κ2) is 12.6. The number of pyridine rings is 1. The van der Waals surface area contributed by atoms with E-state index in [1.165, 1.54) is 0 Å². The average molecular weight is 507 g/mol. The van der Waals surface area contributed by atoms with Gasteiger partial charge in [0.1, 0.15) is 5.69 Å². The first kappa shape index (κ1) is 26.6. The van der Waals surface area contributed by atoms with Crippen molar-refractivity contribution in [3.8, 4) is 0 Å². The summed E-state index contributed by atoms with van der Waals surface area (Å²) >= 11 is 6.11. The molecule has 0 amide bonds. The minimum Gasteiger partial charge on any atom is -0.478 e. The predicted molar refractivity (Wildman–Crippen MR) is 142 cm³/mol. The fourth-order valence-electron chi connectivity index (χ4n) is 3.63. The summed E-state index contributed by atoms with van der Waals surface area (Å²) in [5, 5.41) is 16.3. The monoisotopic (exact) mass is 506 g/mol. The molecule has 36 heavy (non-hydrogen) atoms. The van der Waals surface area contributed by atoms with E-state index in [-0.39, 0.29) is 0 Å². The van der Waals surface area contributed by atoms with Crippen molar-refractivity contribution in [2.24, 2.45) is 4.99 Å². The molecule has 0 bridgehead atoms. The standard InChI is InChI=1S/C23H23ClN4.C4H4O4/c1-27(2)15-6-16-28-21-9-4-3-7-19(21)22(17-10-12-18(24)13-11-17)26-20-8-5-14-25-23(20)28;5-3(6)1-2-4(7)8/h3-5,7-14H,6,15-16H2,1-2H3;1-2H,(H,5,6)(H,7,8). The van der Waals surface area contributed by atoms with Gasteiger partial charge in [-0.3, -0.25) is 0 Å². The van der Waals surface area contributed by atoms with Crippen molar-refractivity contribution in [3.63, 3.8) is 0 Å². The number of nitrogens with zero attached hydrogens (tertiary/aromatic N) is 4. The number of hydrogen-bond acceptors (Lipinski definition) is 6. The molecular weight excluding hydrogens is 480 g/mol. The third kappa shape index (κ3) is 7.24. The minimum atomic E-state index is -1.26. The number of para-hydroxylation sites is 1. The Balaban J connectivity index is 0.000000392. The van der Waals surface area contributed by atoms with Gasteiger partial charge in [0.2, 0.25) is 0 Å². The molecule has 0 spiro atoms. The Labute approximate surface area is 214 Å². The molecule has 0 saturated carbocycles. The molecule has 0 atom stereocenters. The van der Waals surface area contributed by atoms with Gasteiger partial charge >= 0.3 is 11.9 Å². The van der Waals surface area contributed by atoms with Crippen LogP contribution >= 0.6 is 11.6 Å². The molecule has 0 unspecified atom stereocenters. The van der Waals surface area contributed by atoms with Crippen molar-refractivity contribution in [1.82, 2.24) is 9.88 Å². The highest BCUT2D eigenvalue weighted by Crippen LogP contribution is 2.39. The maximum absolute atomic E-state index is 9.55. The zero-order chi connectivity index (χ0) is 26.1. The number of hydrogen-bond donors (Lipinski definition) is 2. The van der Waals surface area contributed by atoms with Crippen molar-refractivity contribution in [3.05, 3.63) is 95.2 Å².